The molecule has 0 aromatic heterocycles. The Kier molecular flexibility index (Phi) is 5.48. The molecule has 0 fully saturated rings. The molecule has 2 aliphatic rings. The molecular weight excluding hydrogens is 400 g/mol. The smallest absolute Gasteiger partial charge is 0.355 e. The van der Waals surface area contributed by atoms with Gasteiger partial charge in [-0.2, -0.15) is 5.10 Å². The molecule has 2 aliphatic heterocycles. The Morgan fingerprint density at radius 2 is 1.74 bits per heavy atom. The molecule has 0 saturated heterocycles. The van der Waals surface area contributed by atoms with Crippen molar-refractivity contribution in [3.05, 3.63) is 54.6 Å². The summed E-state index contributed by atoms with van der Waals surface area (Å²) in [4.78, 5) is 51.0. The largest absolute Gasteiger partial charge is 0.448 e. The quantitative estimate of drug-likeness (QED) is 0.762. The Hall–Kier alpha value is -4.01. The van der Waals surface area contributed by atoms with Crippen molar-refractivity contribution in [3.8, 4) is 0 Å². The highest BCUT2D eigenvalue weighted by atomic mass is 16.5. The van der Waals surface area contributed by atoms with Gasteiger partial charge in [0.25, 0.3) is 5.91 Å². The number of nitrogens with zero attached hydrogens (tertiary/aromatic N) is 3. The molecule has 2 aromatic carbocycles. The van der Waals surface area contributed by atoms with Gasteiger partial charge in [0.1, 0.15) is 12.3 Å². The highest BCUT2D eigenvalue weighted by Crippen LogP contribution is 2.29. The number of amides is 3. The predicted molar refractivity (Wildman–Crippen MR) is 114 cm³/mol. The number of carbonyl (C=O) groups excluding carboxylic acids is 4. The fourth-order valence-electron chi connectivity index (χ4n) is 3.40. The molecule has 0 spiro atoms. The van der Waals surface area contributed by atoms with E-state index in [4.69, 9.17) is 4.74 Å². The van der Waals surface area contributed by atoms with E-state index in [1.54, 1.807) is 48.5 Å². The van der Waals surface area contributed by atoms with Crippen LogP contribution in [0.3, 0.4) is 0 Å². The summed E-state index contributed by atoms with van der Waals surface area (Å²) in [6, 6.07) is 15.6. The van der Waals surface area contributed by atoms with Crippen LogP contribution in [0.4, 0.5) is 17.1 Å². The third-order valence-electron chi connectivity index (χ3n) is 4.94. The molecule has 1 unspecified atom stereocenters. The van der Waals surface area contributed by atoms with E-state index >= 15 is 0 Å². The Morgan fingerprint density at radius 3 is 2.52 bits per heavy atom. The van der Waals surface area contributed by atoms with Gasteiger partial charge in [-0.05, 0) is 31.2 Å². The third-order valence-corrected chi connectivity index (χ3v) is 4.94. The number of para-hydroxylation sites is 3. The number of hydrazone groups is 1. The summed E-state index contributed by atoms with van der Waals surface area (Å²) < 4.78 is 5.34. The standard InChI is InChI=1S/C22H20N4O5/c1-14(21(29)25-13-19(27)23-16-9-5-6-10-18(16)25)31-22(30)17-11-12-20(28)26(24-17)15-7-3-2-4-8-15/h2-10,14H,11-13H2,1H3,(H,23,27). The molecule has 9 nitrogen and oxygen atoms in total. The van der Waals surface area contributed by atoms with E-state index in [-0.39, 0.29) is 36.9 Å². The van der Waals surface area contributed by atoms with Crippen molar-refractivity contribution in [2.45, 2.75) is 25.9 Å². The third kappa shape index (κ3) is 4.16. The predicted octanol–water partition coefficient (Wildman–Crippen LogP) is 2.09. The number of esters is 1. The van der Waals surface area contributed by atoms with E-state index in [0.717, 1.165) is 5.01 Å². The first kappa shape index (κ1) is 20.3. The fraction of sp³-hybridized carbons (Fsp3) is 0.227. The number of fused-ring (bicyclic) bond motifs is 1. The molecule has 3 amide bonds. The lowest BCUT2D eigenvalue weighted by Gasteiger charge is -2.31. The van der Waals surface area contributed by atoms with E-state index in [1.807, 2.05) is 6.07 Å². The maximum atomic E-state index is 12.9. The van der Waals surface area contributed by atoms with Gasteiger partial charge in [-0.1, -0.05) is 30.3 Å². The van der Waals surface area contributed by atoms with Crippen LogP contribution in [0.1, 0.15) is 19.8 Å². The Bertz CT molecular complexity index is 1080. The van der Waals surface area contributed by atoms with Crippen LogP contribution in [-0.4, -0.2) is 42.1 Å². The maximum Gasteiger partial charge on any atom is 0.355 e. The molecule has 0 bridgehead atoms. The van der Waals surface area contributed by atoms with Gasteiger partial charge in [0.05, 0.1) is 17.1 Å². The zero-order valence-electron chi connectivity index (χ0n) is 16.8. The minimum atomic E-state index is -1.14. The van der Waals surface area contributed by atoms with Gasteiger partial charge in [0.2, 0.25) is 11.8 Å². The molecule has 0 saturated carbocycles. The van der Waals surface area contributed by atoms with Gasteiger partial charge in [-0.15, -0.1) is 0 Å². The van der Waals surface area contributed by atoms with Crippen LogP contribution in [0.25, 0.3) is 0 Å². The average molecular weight is 420 g/mol. The molecular formula is C22H20N4O5. The number of benzene rings is 2. The number of ether oxygens (including phenoxy) is 1. The monoisotopic (exact) mass is 420 g/mol. The summed E-state index contributed by atoms with van der Waals surface area (Å²) in [7, 11) is 0. The summed E-state index contributed by atoms with van der Waals surface area (Å²) in [6.45, 7) is 1.27. The first-order valence-electron chi connectivity index (χ1n) is 9.81. The first-order valence-corrected chi connectivity index (χ1v) is 9.81. The molecule has 1 N–H and O–H groups in total. The molecule has 0 radical (unpaired) electrons. The SMILES string of the molecule is CC(OC(=O)C1=NN(c2ccccc2)C(=O)CC1)C(=O)N1CC(=O)Nc2ccccc21. The Balaban J connectivity index is 1.49. The highest BCUT2D eigenvalue weighted by Gasteiger charge is 2.33. The second kappa shape index (κ2) is 8.39. The molecule has 2 aromatic rings. The van der Waals surface area contributed by atoms with E-state index in [1.165, 1.54) is 11.8 Å². The van der Waals surface area contributed by atoms with Crippen molar-refractivity contribution >= 4 is 46.5 Å². The summed E-state index contributed by atoms with van der Waals surface area (Å²) >= 11 is 0. The topological polar surface area (TPSA) is 108 Å². The normalized spacial score (nSPS) is 16.7. The van der Waals surface area contributed by atoms with Gasteiger partial charge in [0, 0.05) is 12.8 Å². The van der Waals surface area contributed by atoms with Crippen molar-refractivity contribution in [3.63, 3.8) is 0 Å². The van der Waals surface area contributed by atoms with Crippen LogP contribution < -0.4 is 15.2 Å². The number of hydrogen-bond donors (Lipinski definition) is 1. The number of hydrogen-bond acceptors (Lipinski definition) is 6. The van der Waals surface area contributed by atoms with Gasteiger partial charge < -0.3 is 10.1 Å². The van der Waals surface area contributed by atoms with Crippen molar-refractivity contribution < 1.29 is 23.9 Å². The fourth-order valence-corrected chi connectivity index (χ4v) is 3.40. The van der Waals surface area contributed by atoms with Crippen molar-refractivity contribution in [2.24, 2.45) is 5.10 Å². The van der Waals surface area contributed by atoms with E-state index in [2.05, 4.69) is 10.4 Å². The molecule has 31 heavy (non-hydrogen) atoms. The summed E-state index contributed by atoms with van der Waals surface area (Å²) in [6.07, 6.45) is -0.918. The molecule has 158 valence electrons. The molecule has 4 rings (SSSR count). The minimum Gasteiger partial charge on any atom is -0.448 e. The summed E-state index contributed by atoms with van der Waals surface area (Å²) in [5, 5.41) is 8.01. The Morgan fingerprint density at radius 1 is 1.03 bits per heavy atom. The van der Waals surface area contributed by atoms with Gasteiger partial charge in [-0.25, -0.2) is 9.80 Å². The zero-order chi connectivity index (χ0) is 22.0. The minimum absolute atomic E-state index is 0.0555. The average Bonchev–Trinajstić information content (AvgIpc) is 2.78. The molecule has 1 atom stereocenters. The zero-order valence-corrected chi connectivity index (χ0v) is 16.8. The van der Waals surface area contributed by atoms with Crippen LogP contribution >= 0.6 is 0 Å². The first-order chi connectivity index (χ1) is 14.9. The molecule has 9 heteroatoms. The second-order valence-electron chi connectivity index (χ2n) is 7.13. The van der Waals surface area contributed by atoms with E-state index in [0.29, 0.717) is 17.1 Å². The van der Waals surface area contributed by atoms with Crippen LogP contribution in [0, 0.1) is 0 Å². The number of nitrogens with one attached hydrogen (secondary N) is 1. The molecule has 0 aliphatic carbocycles. The lowest BCUT2D eigenvalue weighted by molar-refractivity contribution is -0.147. The van der Waals surface area contributed by atoms with Crippen LogP contribution in [0.15, 0.2) is 59.7 Å². The van der Waals surface area contributed by atoms with Gasteiger partial charge in [0.15, 0.2) is 6.10 Å². The van der Waals surface area contributed by atoms with Crippen molar-refractivity contribution in [1.82, 2.24) is 0 Å². The van der Waals surface area contributed by atoms with Gasteiger partial charge in [-0.3, -0.25) is 19.3 Å². The lowest BCUT2D eigenvalue weighted by atomic mass is 10.1. The number of rotatable bonds is 4. The van der Waals surface area contributed by atoms with Crippen LogP contribution in [-0.2, 0) is 23.9 Å². The van der Waals surface area contributed by atoms with Gasteiger partial charge >= 0.3 is 5.97 Å². The number of carbonyl (C=O) groups is 4. The van der Waals surface area contributed by atoms with Crippen LogP contribution in [0.5, 0.6) is 0 Å². The van der Waals surface area contributed by atoms with Crippen LogP contribution in [0.2, 0.25) is 0 Å². The maximum absolute atomic E-state index is 12.9. The Labute approximate surface area is 178 Å². The van der Waals surface area contributed by atoms with Crippen molar-refractivity contribution in [1.29, 1.82) is 0 Å². The highest BCUT2D eigenvalue weighted by molar-refractivity contribution is 6.38. The summed E-state index contributed by atoms with van der Waals surface area (Å²) in [5.74, 6) is -1.87. The number of anilines is 3. The van der Waals surface area contributed by atoms with E-state index in [9.17, 15) is 19.2 Å². The lowest BCUT2D eigenvalue weighted by Crippen LogP contribution is -2.47. The van der Waals surface area contributed by atoms with Crippen molar-refractivity contribution in [2.75, 3.05) is 21.8 Å². The van der Waals surface area contributed by atoms with E-state index < -0.39 is 18.0 Å². The molecule has 2 heterocycles. The summed E-state index contributed by atoms with van der Waals surface area (Å²) in [5.41, 5.74) is 1.64. The second-order valence-corrected chi connectivity index (χ2v) is 7.13.